The van der Waals surface area contributed by atoms with Crippen LogP contribution < -0.4 is 10.2 Å². The van der Waals surface area contributed by atoms with Gasteiger partial charge in [-0.2, -0.15) is 13.2 Å². The number of halogens is 4. The van der Waals surface area contributed by atoms with Crippen molar-refractivity contribution in [3.63, 3.8) is 0 Å². The van der Waals surface area contributed by atoms with Crippen LogP contribution in [0, 0.1) is 5.82 Å². The summed E-state index contributed by atoms with van der Waals surface area (Å²) in [6, 6.07) is 11.1. The molecule has 0 fully saturated rings. The lowest BCUT2D eigenvalue weighted by Crippen LogP contribution is -2.16. The van der Waals surface area contributed by atoms with Gasteiger partial charge in [-0.25, -0.2) is 9.37 Å². The number of hydrogen-bond donors (Lipinski definition) is 1. The molecule has 4 rings (SSSR count). The highest BCUT2D eigenvalue weighted by molar-refractivity contribution is 6.04. The number of hydrogen-bond acceptors (Lipinski definition) is 5. The fourth-order valence-corrected chi connectivity index (χ4v) is 2.97. The molecule has 1 amide bonds. The summed E-state index contributed by atoms with van der Waals surface area (Å²) in [5.74, 6) is -1.43. The first-order chi connectivity index (χ1) is 15.3. The number of anilines is 4. The summed E-state index contributed by atoms with van der Waals surface area (Å²) < 4.78 is 58.9. The van der Waals surface area contributed by atoms with Crippen LogP contribution in [-0.4, -0.2) is 15.9 Å². The number of oxazole rings is 1. The van der Waals surface area contributed by atoms with Gasteiger partial charge in [0.05, 0.1) is 29.3 Å². The van der Waals surface area contributed by atoms with Crippen molar-refractivity contribution in [2.24, 2.45) is 0 Å². The Labute approximate surface area is 179 Å². The van der Waals surface area contributed by atoms with Crippen LogP contribution in [0.25, 0.3) is 0 Å². The Morgan fingerprint density at radius 1 is 1.03 bits per heavy atom. The normalized spacial score (nSPS) is 11.2. The Morgan fingerprint density at radius 3 is 2.56 bits per heavy atom. The van der Waals surface area contributed by atoms with Gasteiger partial charge in [0.15, 0.2) is 0 Å². The molecule has 0 bridgehead atoms. The Balaban J connectivity index is 1.68. The van der Waals surface area contributed by atoms with Crippen molar-refractivity contribution in [3.05, 3.63) is 96.4 Å². The lowest BCUT2D eigenvalue weighted by atomic mass is 10.1. The van der Waals surface area contributed by atoms with Crippen molar-refractivity contribution in [1.29, 1.82) is 0 Å². The van der Waals surface area contributed by atoms with E-state index in [0.717, 1.165) is 24.3 Å². The summed E-state index contributed by atoms with van der Waals surface area (Å²) in [6.07, 6.45) is 1.13. The highest BCUT2D eigenvalue weighted by Gasteiger charge is 2.31. The van der Waals surface area contributed by atoms with Crippen LogP contribution in [0.3, 0.4) is 0 Å². The van der Waals surface area contributed by atoms with Gasteiger partial charge in [-0.05, 0) is 48.5 Å². The maximum atomic E-state index is 14.8. The van der Waals surface area contributed by atoms with Crippen LogP contribution >= 0.6 is 0 Å². The zero-order chi connectivity index (χ0) is 22.7. The Hall–Kier alpha value is -4.21. The molecule has 0 aliphatic rings. The first-order valence-electron chi connectivity index (χ1n) is 9.21. The molecule has 2 aromatic carbocycles. The van der Waals surface area contributed by atoms with Gasteiger partial charge in [-0.1, -0.05) is 6.07 Å². The Kier molecular flexibility index (Phi) is 5.59. The van der Waals surface area contributed by atoms with Gasteiger partial charge in [-0.15, -0.1) is 0 Å². The van der Waals surface area contributed by atoms with Crippen molar-refractivity contribution in [2.45, 2.75) is 6.18 Å². The predicted octanol–water partition coefficient (Wildman–Crippen LogP) is 5.95. The summed E-state index contributed by atoms with van der Waals surface area (Å²) in [5.41, 5.74) is -0.555. The molecule has 0 atom stereocenters. The molecule has 0 spiro atoms. The van der Waals surface area contributed by atoms with Crippen molar-refractivity contribution in [1.82, 2.24) is 9.97 Å². The predicted molar refractivity (Wildman–Crippen MR) is 108 cm³/mol. The minimum atomic E-state index is -4.58. The van der Waals surface area contributed by atoms with E-state index in [1.165, 1.54) is 41.8 Å². The molecular weight excluding hydrogens is 428 g/mol. The van der Waals surface area contributed by atoms with Crippen molar-refractivity contribution in [2.75, 3.05) is 10.2 Å². The minimum Gasteiger partial charge on any atom is -0.432 e. The average molecular weight is 442 g/mol. The SMILES string of the molecule is O=C(Nc1ccc(F)c(N(c2cccnc2)c2ncco2)c1)c1cccc(C(F)(F)F)c1. The molecule has 0 aliphatic heterocycles. The van der Waals surface area contributed by atoms with E-state index >= 15 is 0 Å². The maximum absolute atomic E-state index is 14.8. The van der Waals surface area contributed by atoms with E-state index in [-0.39, 0.29) is 23.0 Å². The molecule has 0 unspecified atom stereocenters. The number of pyridine rings is 1. The standard InChI is InChI=1S/C22H14F4N4O2/c23-18-7-6-16(29-20(31)14-3-1-4-15(11-14)22(24,25)26)12-19(18)30(21-28-9-10-32-21)17-5-2-8-27-13-17/h1-13H,(H,29,31). The minimum absolute atomic E-state index is 0.0118. The Morgan fingerprint density at radius 2 is 1.88 bits per heavy atom. The van der Waals surface area contributed by atoms with Crippen LogP contribution in [0.1, 0.15) is 15.9 Å². The fourth-order valence-electron chi connectivity index (χ4n) is 2.97. The fraction of sp³-hybridized carbons (Fsp3) is 0.0455. The van der Waals surface area contributed by atoms with Crippen molar-refractivity contribution < 1.29 is 26.8 Å². The van der Waals surface area contributed by atoms with Crippen LogP contribution in [0.2, 0.25) is 0 Å². The van der Waals surface area contributed by atoms with Gasteiger partial charge in [-0.3, -0.25) is 14.7 Å². The largest absolute Gasteiger partial charge is 0.432 e. The summed E-state index contributed by atoms with van der Waals surface area (Å²) in [7, 11) is 0. The third-order valence-corrected chi connectivity index (χ3v) is 4.41. The van der Waals surface area contributed by atoms with Crippen LogP contribution in [0.15, 0.2) is 83.9 Å². The van der Waals surface area contributed by atoms with Gasteiger partial charge in [0.25, 0.3) is 5.91 Å². The number of carbonyl (C=O) groups is 1. The second-order valence-corrected chi connectivity index (χ2v) is 6.56. The zero-order valence-corrected chi connectivity index (χ0v) is 16.2. The monoisotopic (exact) mass is 442 g/mol. The van der Waals surface area contributed by atoms with E-state index in [1.54, 1.807) is 18.3 Å². The van der Waals surface area contributed by atoms with Gasteiger partial charge < -0.3 is 9.73 Å². The van der Waals surface area contributed by atoms with Crippen LogP contribution in [0.5, 0.6) is 0 Å². The number of rotatable bonds is 5. The van der Waals surface area contributed by atoms with Crippen molar-refractivity contribution >= 4 is 29.0 Å². The van der Waals surface area contributed by atoms with E-state index in [4.69, 9.17) is 4.42 Å². The number of nitrogens with zero attached hydrogens (tertiary/aromatic N) is 3. The van der Waals surface area contributed by atoms with E-state index in [2.05, 4.69) is 15.3 Å². The summed E-state index contributed by atoms with van der Waals surface area (Å²) >= 11 is 0. The molecule has 1 N–H and O–H groups in total. The number of benzene rings is 2. The van der Waals surface area contributed by atoms with E-state index < -0.39 is 23.5 Å². The third-order valence-electron chi connectivity index (χ3n) is 4.41. The first-order valence-corrected chi connectivity index (χ1v) is 9.21. The highest BCUT2D eigenvalue weighted by Crippen LogP contribution is 2.36. The quantitative estimate of drug-likeness (QED) is 0.387. The molecule has 32 heavy (non-hydrogen) atoms. The second-order valence-electron chi connectivity index (χ2n) is 6.56. The van der Waals surface area contributed by atoms with Gasteiger partial charge in [0, 0.05) is 17.4 Å². The van der Waals surface area contributed by atoms with E-state index in [0.29, 0.717) is 5.69 Å². The van der Waals surface area contributed by atoms with Crippen LogP contribution in [-0.2, 0) is 6.18 Å². The van der Waals surface area contributed by atoms with E-state index in [1.807, 2.05) is 0 Å². The number of nitrogens with one attached hydrogen (secondary N) is 1. The topological polar surface area (TPSA) is 71.3 Å². The first kappa shape index (κ1) is 21.0. The van der Waals surface area contributed by atoms with Gasteiger partial charge in [0.2, 0.25) is 0 Å². The molecule has 2 heterocycles. The molecule has 0 radical (unpaired) electrons. The van der Waals surface area contributed by atoms with Crippen molar-refractivity contribution in [3.8, 4) is 0 Å². The molecule has 0 aliphatic carbocycles. The molecular formula is C22H14F4N4O2. The van der Waals surface area contributed by atoms with Gasteiger partial charge >= 0.3 is 12.2 Å². The number of amides is 1. The molecule has 4 aromatic rings. The smallest absolute Gasteiger partial charge is 0.416 e. The molecule has 6 nitrogen and oxygen atoms in total. The van der Waals surface area contributed by atoms with Crippen LogP contribution in [0.4, 0.5) is 40.6 Å². The lowest BCUT2D eigenvalue weighted by Gasteiger charge is -2.21. The number of aromatic nitrogens is 2. The van der Waals surface area contributed by atoms with Gasteiger partial charge in [0.1, 0.15) is 12.1 Å². The number of alkyl halides is 3. The number of carbonyl (C=O) groups excluding carboxylic acids is 1. The molecule has 0 saturated heterocycles. The summed E-state index contributed by atoms with van der Waals surface area (Å²) in [5, 5.41) is 2.49. The average Bonchev–Trinajstić information content (AvgIpc) is 3.31. The zero-order valence-electron chi connectivity index (χ0n) is 16.2. The molecule has 10 heteroatoms. The summed E-state index contributed by atoms with van der Waals surface area (Å²) in [6.45, 7) is 0. The molecule has 0 saturated carbocycles. The maximum Gasteiger partial charge on any atom is 0.416 e. The Bertz CT molecular complexity index is 1230. The third kappa shape index (κ3) is 4.43. The summed E-state index contributed by atoms with van der Waals surface area (Å²) in [4.78, 5) is 21.9. The lowest BCUT2D eigenvalue weighted by molar-refractivity contribution is -0.137. The van der Waals surface area contributed by atoms with E-state index in [9.17, 15) is 22.4 Å². The highest BCUT2D eigenvalue weighted by atomic mass is 19.4. The second kappa shape index (κ2) is 8.50. The molecule has 2 aromatic heterocycles. The molecule has 162 valence electrons.